The van der Waals surface area contributed by atoms with Crippen molar-refractivity contribution in [2.75, 3.05) is 11.9 Å². The molecule has 2 saturated carbocycles. The van der Waals surface area contributed by atoms with Crippen LogP contribution in [0.2, 0.25) is 0 Å². The van der Waals surface area contributed by atoms with Gasteiger partial charge in [-0.2, -0.15) is 5.10 Å². The van der Waals surface area contributed by atoms with E-state index in [0.29, 0.717) is 34.9 Å². The Hall–Kier alpha value is -3.69. The van der Waals surface area contributed by atoms with E-state index in [4.69, 9.17) is 10.8 Å². The first-order chi connectivity index (χ1) is 21.9. The molecule has 1 saturated heterocycles. The summed E-state index contributed by atoms with van der Waals surface area (Å²) in [7, 11) is 1.55. The van der Waals surface area contributed by atoms with Crippen molar-refractivity contribution in [3.63, 3.8) is 0 Å². The summed E-state index contributed by atoms with van der Waals surface area (Å²) in [4.78, 5) is 27.2. The fraction of sp³-hybridized carbons (Fsp3) is 0.528. The molecule has 9 heteroatoms. The fourth-order valence-electron chi connectivity index (χ4n) is 8.47. The maximum absolute atomic E-state index is 13.7. The van der Waals surface area contributed by atoms with Crippen LogP contribution >= 0.6 is 0 Å². The molecule has 45 heavy (non-hydrogen) atoms. The van der Waals surface area contributed by atoms with E-state index in [-0.39, 0.29) is 23.3 Å². The van der Waals surface area contributed by atoms with Crippen LogP contribution in [0.1, 0.15) is 100 Å². The lowest BCUT2D eigenvalue weighted by Crippen LogP contribution is -2.43. The number of anilines is 2. The molecule has 2 aliphatic carbocycles. The first-order valence-corrected chi connectivity index (χ1v) is 17.1. The molecular formula is C36H47N7O2. The molecule has 1 spiro atoms. The second kappa shape index (κ2) is 12.6. The van der Waals surface area contributed by atoms with Crippen LogP contribution in [-0.2, 0) is 13.6 Å². The maximum Gasteiger partial charge on any atom is 0.332 e. The Balaban J connectivity index is 1.27. The van der Waals surface area contributed by atoms with Gasteiger partial charge in [-0.15, -0.1) is 0 Å². The van der Waals surface area contributed by atoms with Gasteiger partial charge >= 0.3 is 5.69 Å². The zero-order chi connectivity index (χ0) is 31.0. The molecule has 4 N–H and O–H groups in total. The number of fused-ring (bicyclic) bond motifs is 1. The Morgan fingerprint density at radius 1 is 0.911 bits per heavy atom. The number of nitrogens with one attached hydrogen (secondary N) is 2. The van der Waals surface area contributed by atoms with Gasteiger partial charge in [0.05, 0.1) is 12.6 Å². The summed E-state index contributed by atoms with van der Waals surface area (Å²) in [6.07, 6.45) is 14.5. The highest BCUT2D eigenvalue weighted by molar-refractivity contribution is 5.89. The monoisotopic (exact) mass is 609 g/mol. The van der Waals surface area contributed by atoms with Crippen LogP contribution in [-0.4, -0.2) is 31.5 Å². The van der Waals surface area contributed by atoms with E-state index >= 15 is 0 Å². The zero-order valence-corrected chi connectivity index (χ0v) is 26.5. The molecular weight excluding hydrogens is 562 g/mol. The van der Waals surface area contributed by atoms with Crippen LogP contribution < -0.4 is 27.6 Å². The molecule has 2 aromatic carbocycles. The van der Waals surface area contributed by atoms with Crippen molar-refractivity contribution < 1.29 is 0 Å². The minimum atomic E-state index is -0.363. The SMILES string of the molecule is Cn1c(=O)c2c(Nc3ccccc3)n(Cc3ccc(C4NCCCC45CCCCCCC5)cc3)nc2n(C2CCCC2N)c1=O. The largest absolute Gasteiger partial charge is 0.340 e. The predicted molar refractivity (Wildman–Crippen MR) is 180 cm³/mol. The summed E-state index contributed by atoms with van der Waals surface area (Å²) in [5.74, 6) is 0.587. The van der Waals surface area contributed by atoms with Crippen molar-refractivity contribution in [2.24, 2.45) is 18.2 Å². The molecule has 238 valence electrons. The van der Waals surface area contributed by atoms with E-state index in [9.17, 15) is 9.59 Å². The second-order valence-corrected chi connectivity index (χ2v) is 13.7. The van der Waals surface area contributed by atoms with E-state index in [1.807, 2.05) is 35.0 Å². The highest BCUT2D eigenvalue weighted by Crippen LogP contribution is 2.49. The molecule has 1 aliphatic heterocycles. The number of hydrogen-bond acceptors (Lipinski definition) is 6. The summed E-state index contributed by atoms with van der Waals surface area (Å²) in [6, 6.07) is 18.8. The van der Waals surface area contributed by atoms with E-state index < -0.39 is 0 Å². The van der Waals surface area contributed by atoms with Crippen LogP contribution in [0.5, 0.6) is 0 Å². The van der Waals surface area contributed by atoms with Crippen molar-refractivity contribution in [2.45, 2.75) is 102 Å². The number of para-hydroxylation sites is 1. The second-order valence-electron chi connectivity index (χ2n) is 13.7. The molecule has 0 amide bonds. The number of nitrogens with zero attached hydrogens (tertiary/aromatic N) is 4. The van der Waals surface area contributed by atoms with Gasteiger partial charge < -0.3 is 16.4 Å². The summed E-state index contributed by atoms with van der Waals surface area (Å²) >= 11 is 0. The highest BCUT2D eigenvalue weighted by Gasteiger charge is 2.41. The summed E-state index contributed by atoms with van der Waals surface area (Å²) in [6.45, 7) is 1.53. The zero-order valence-electron chi connectivity index (χ0n) is 26.5. The molecule has 0 bridgehead atoms. The molecule has 0 radical (unpaired) electrons. The van der Waals surface area contributed by atoms with Gasteiger partial charge in [0, 0.05) is 24.8 Å². The number of hydrogen-bond donors (Lipinski definition) is 3. The quantitative estimate of drug-likeness (QED) is 0.251. The standard InChI is InChI=1S/C36H47N7O2/c1-41-34(44)30-32(39-27-12-6-5-7-13-27)42(40-33(30)43(35(41)45)29-15-10-14-28(29)37)24-25-16-18-26(19-17-25)31-36(22-11-23-38-31)20-8-3-2-4-9-21-36/h5-7,12-13,16-19,28-29,31,38-39H,2-4,8-11,14-15,20-24,37H2,1H3. The molecule has 3 atom stereocenters. The number of rotatable bonds is 6. The van der Waals surface area contributed by atoms with Gasteiger partial charge in [0.2, 0.25) is 0 Å². The van der Waals surface area contributed by atoms with Crippen LogP contribution in [0.3, 0.4) is 0 Å². The first-order valence-electron chi connectivity index (χ1n) is 17.1. The number of aromatic nitrogens is 4. The van der Waals surface area contributed by atoms with Crippen LogP contribution in [0.15, 0.2) is 64.2 Å². The van der Waals surface area contributed by atoms with Gasteiger partial charge in [-0.25, -0.2) is 9.48 Å². The van der Waals surface area contributed by atoms with Crippen molar-refractivity contribution in [3.8, 4) is 0 Å². The van der Waals surface area contributed by atoms with Gasteiger partial charge in [-0.05, 0) is 80.2 Å². The van der Waals surface area contributed by atoms with E-state index in [2.05, 4.69) is 34.9 Å². The third-order valence-corrected chi connectivity index (χ3v) is 10.9. The minimum absolute atomic E-state index is 0.152. The number of nitrogens with two attached hydrogens (primary N) is 1. The Morgan fingerprint density at radius 2 is 1.62 bits per heavy atom. The number of benzene rings is 2. The Labute approximate surface area is 264 Å². The highest BCUT2D eigenvalue weighted by atomic mass is 16.2. The Morgan fingerprint density at radius 3 is 2.33 bits per heavy atom. The average molecular weight is 610 g/mol. The molecule has 3 aliphatic rings. The van der Waals surface area contributed by atoms with Gasteiger partial charge in [0.15, 0.2) is 5.65 Å². The fourth-order valence-corrected chi connectivity index (χ4v) is 8.47. The van der Waals surface area contributed by atoms with E-state index in [0.717, 1.165) is 37.1 Å². The van der Waals surface area contributed by atoms with Crippen LogP contribution in [0.4, 0.5) is 11.5 Å². The molecule has 2 aromatic heterocycles. The Kier molecular flexibility index (Phi) is 8.40. The van der Waals surface area contributed by atoms with E-state index in [1.54, 1.807) is 11.6 Å². The molecule has 9 nitrogen and oxygen atoms in total. The van der Waals surface area contributed by atoms with Gasteiger partial charge in [-0.3, -0.25) is 13.9 Å². The van der Waals surface area contributed by atoms with Crippen molar-refractivity contribution in [3.05, 3.63) is 86.6 Å². The van der Waals surface area contributed by atoms with Crippen molar-refractivity contribution in [1.82, 2.24) is 24.2 Å². The topological polar surface area (TPSA) is 112 Å². The van der Waals surface area contributed by atoms with E-state index in [1.165, 1.54) is 67.9 Å². The van der Waals surface area contributed by atoms with Crippen LogP contribution in [0.25, 0.3) is 11.0 Å². The summed E-state index contributed by atoms with van der Waals surface area (Å²) in [5, 5.41) is 12.8. The molecule has 3 heterocycles. The molecule has 4 aromatic rings. The normalized spacial score (nSPS) is 23.6. The lowest BCUT2D eigenvalue weighted by atomic mass is 9.65. The maximum atomic E-state index is 13.7. The average Bonchev–Trinajstić information content (AvgIpc) is 3.62. The van der Waals surface area contributed by atoms with Crippen LogP contribution in [0, 0.1) is 5.41 Å². The molecule has 3 fully saturated rings. The smallest absolute Gasteiger partial charge is 0.332 e. The third kappa shape index (κ3) is 5.65. The molecule has 3 unspecified atom stereocenters. The Bertz CT molecular complexity index is 1750. The lowest BCUT2D eigenvalue weighted by Gasteiger charge is -2.46. The summed E-state index contributed by atoms with van der Waals surface area (Å²) in [5.41, 5.74) is 9.82. The lowest BCUT2D eigenvalue weighted by molar-refractivity contribution is 0.0940. The first kappa shape index (κ1) is 30.0. The third-order valence-electron chi connectivity index (χ3n) is 10.9. The van der Waals surface area contributed by atoms with Crippen molar-refractivity contribution >= 4 is 22.5 Å². The van der Waals surface area contributed by atoms with Gasteiger partial charge in [0.1, 0.15) is 11.2 Å². The predicted octanol–water partition coefficient (Wildman–Crippen LogP) is 5.90. The summed E-state index contributed by atoms with van der Waals surface area (Å²) < 4.78 is 4.72. The molecule has 7 rings (SSSR count). The minimum Gasteiger partial charge on any atom is -0.340 e. The number of piperidine rings is 1. The van der Waals surface area contributed by atoms with Crippen molar-refractivity contribution in [1.29, 1.82) is 0 Å². The van der Waals surface area contributed by atoms with Gasteiger partial charge in [-0.1, -0.05) is 74.6 Å². The van der Waals surface area contributed by atoms with Gasteiger partial charge in [0.25, 0.3) is 5.56 Å².